The van der Waals surface area contributed by atoms with Gasteiger partial charge in [-0.2, -0.15) is 5.26 Å². The lowest BCUT2D eigenvalue weighted by atomic mass is 10.1. The maximum Gasteiger partial charge on any atom is 0.244 e. The highest BCUT2D eigenvalue weighted by Gasteiger charge is 2.32. The molecule has 2 aliphatic rings. The van der Waals surface area contributed by atoms with Gasteiger partial charge >= 0.3 is 0 Å². The van der Waals surface area contributed by atoms with Gasteiger partial charge in [-0.05, 0) is 31.9 Å². The summed E-state index contributed by atoms with van der Waals surface area (Å²) in [6, 6.07) is 6.74. The van der Waals surface area contributed by atoms with Crippen LogP contribution in [0.15, 0.2) is 30.6 Å². The molecule has 1 saturated heterocycles. The first kappa shape index (κ1) is 19.8. The number of amides is 2. The number of hydrogen-bond donors (Lipinski definition) is 3. The average Bonchev–Trinajstić information content (AvgIpc) is 3.57. The molecule has 1 aliphatic carbocycles. The van der Waals surface area contributed by atoms with E-state index in [-0.39, 0.29) is 17.7 Å². The molecule has 30 heavy (non-hydrogen) atoms. The maximum atomic E-state index is 12.4. The molecule has 0 radical (unpaired) electrons. The first-order chi connectivity index (χ1) is 14.4. The summed E-state index contributed by atoms with van der Waals surface area (Å²) in [7, 11) is 0. The van der Waals surface area contributed by atoms with Gasteiger partial charge in [0.05, 0.1) is 35.4 Å². The Balaban J connectivity index is 1.48. The highest BCUT2D eigenvalue weighted by Crippen LogP contribution is 2.30. The van der Waals surface area contributed by atoms with Crippen LogP contribution >= 0.6 is 0 Å². The van der Waals surface area contributed by atoms with Crippen LogP contribution in [0.25, 0.3) is 11.3 Å². The van der Waals surface area contributed by atoms with E-state index in [9.17, 15) is 20.0 Å². The number of β-amino-alcohol motifs (C(OH)–C–C–N with tert-alkyl or cyclic N) is 1. The second-order valence-electron chi connectivity index (χ2n) is 7.69. The summed E-state index contributed by atoms with van der Waals surface area (Å²) in [6.45, 7) is 2.38. The zero-order valence-electron chi connectivity index (χ0n) is 16.5. The van der Waals surface area contributed by atoms with E-state index in [1.165, 1.54) is 6.20 Å². The molecular weight excluding hydrogens is 384 g/mol. The van der Waals surface area contributed by atoms with Crippen LogP contribution in [0.2, 0.25) is 0 Å². The molecule has 2 fully saturated rings. The summed E-state index contributed by atoms with van der Waals surface area (Å²) in [5, 5.41) is 24.6. The number of aliphatic hydroxyl groups is 1. The summed E-state index contributed by atoms with van der Waals surface area (Å²) >= 11 is 0. The quantitative estimate of drug-likeness (QED) is 0.660. The lowest BCUT2D eigenvalue weighted by Gasteiger charge is -2.37. The van der Waals surface area contributed by atoms with Gasteiger partial charge in [-0.25, -0.2) is 4.98 Å². The third kappa shape index (κ3) is 4.23. The van der Waals surface area contributed by atoms with Crippen LogP contribution in [0.5, 0.6) is 0 Å². The van der Waals surface area contributed by atoms with Crippen LogP contribution in [0, 0.1) is 17.2 Å². The Morgan fingerprint density at radius 3 is 2.63 bits per heavy atom. The first-order valence-electron chi connectivity index (χ1n) is 9.85. The summed E-state index contributed by atoms with van der Waals surface area (Å²) < 4.78 is 0. The Kier molecular flexibility index (Phi) is 5.33. The summed E-state index contributed by atoms with van der Waals surface area (Å²) in [4.78, 5) is 34.4. The van der Waals surface area contributed by atoms with E-state index in [0.29, 0.717) is 35.9 Å². The SMILES string of the molecule is CC(Nc1cc(-c2cnc(NC(=O)C3CC3)cn2)ccc1C#N)C(=O)N1CC(O)C1. The number of aromatic nitrogens is 2. The number of carbonyl (C=O) groups excluding carboxylic acids is 2. The number of hydrogen-bond acceptors (Lipinski definition) is 7. The van der Waals surface area contributed by atoms with Crippen molar-refractivity contribution in [2.75, 3.05) is 23.7 Å². The zero-order valence-corrected chi connectivity index (χ0v) is 16.5. The second kappa shape index (κ2) is 8.08. The molecule has 3 N–H and O–H groups in total. The highest BCUT2D eigenvalue weighted by atomic mass is 16.3. The van der Waals surface area contributed by atoms with Gasteiger partial charge in [0.1, 0.15) is 12.1 Å². The van der Waals surface area contributed by atoms with Gasteiger partial charge in [0.2, 0.25) is 11.8 Å². The van der Waals surface area contributed by atoms with E-state index in [2.05, 4.69) is 26.7 Å². The van der Waals surface area contributed by atoms with E-state index >= 15 is 0 Å². The Bertz CT molecular complexity index is 1010. The van der Waals surface area contributed by atoms with Crippen LogP contribution in [-0.2, 0) is 9.59 Å². The van der Waals surface area contributed by atoms with Crippen molar-refractivity contribution in [3.63, 3.8) is 0 Å². The van der Waals surface area contributed by atoms with Gasteiger partial charge in [-0.3, -0.25) is 14.6 Å². The molecule has 0 spiro atoms. The minimum Gasteiger partial charge on any atom is -0.389 e. The Hall–Kier alpha value is -3.51. The highest BCUT2D eigenvalue weighted by molar-refractivity contribution is 5.93. The molecule has 2 aromatic rings. The predicted molar refractivity (Wildman–Crippen MR) is 109 cm³/mol. The molecule has 4 rings (SSSR count). The number of rotatable bonds is 6. The van der Waals surface area contributed by atoms with Crippen molar-refractivity contribution < 1.29 is 14.7 Å². The molecule has 154 valence electrons. The molecule has 9 nitrogen and oxygen atoms in total. The van der Waals surface area contributed by atoms with Gasteiger partial charge in [-0.1, -0.05) is 6.07 Å². The number of nitrogens with zero attached hydrogens (tertiary/aromatic N) is 4. The smallest absolute Gasteiger partial charge is 0.244 e. The van der Waals surface area contributed by atoms with Gasteiger partial charge < -0.3 is 20.6 Å². The molecule has 2 heterocycles. The summed E-state index contributed by atoms with van der Waals surface area (Å²) in [5.74, 6) is 0.321. The molecule has 9 heteroatoms. The number of nitriles is 1. The summed E-state index contributed by atoms with van der Waals surface area (Å²) in [6.07, 6.45) is 4.43. The van der Waals surface area contributed by atoms with Gasteiger partial charge in [0, 0.05) is 24.6 Å². The van der Waals surface area contributed by atoms with Crippen LogP contribution in [0.3, 0.4) is 0 Å². The Morgan fingerprint density at radius 1 is 1.27 bits per heavy atom. The fourth-order valence-electron chi connectivity index (χ4n) is 3.24. The third-order valence-electron chi connectivity index (χ3n) is 5.20. The number of carbonyl (C=O) groups is 2. The lowest BCUT2D eigenvalue weighted by Crippen LogP contribution is -2.57. The van der Waals surface area contributed by atoms with Gasteiger partial charge in [-0.15, -0.1) is 0 Å². The molecule has 0 bridgehead atoms. The van der Waals surface area contributed by atoms with E-state index in [0.717, 1.165) is 18.4 Å². The molecular formula is C21H22N6O3. The monoisotopic (exact) mass is 406 g/mol. The van der Waals surface area contributed by atoms with Crippen LogP contribution in [0.1, 0.15) is 25.3 Å². The van der Waals surface area contributed by atoms with Crippen molar-refractivity contribution in [2.24, 2.45) is 5.92 Å². The van der Waals surface area contributed by atoms with Crippen molar-refractivity contribution in [2.45, 2.75) is 31.9 Å². The van der Waals surface area contributed by atoms with Gasteiger partial charge in [0.25, 0.3) is 0 Å². The molecule has 1 saturated carbocycles. The molecule has 1 unspecified atom stereocenters. The Labute approximate surface area is 173 Å². The number of anilines is 2. The third-order valence-corrected chi connectivity index (χ3v) is 5.20. The predicted octanol–water partition coefficient (Wildman–Crippen LogP) is 1.37. The standard InChI is InChI=1S/C21H22N6O3/c1-12(21(30)27-10-16(28)11-27)25-17-6-14(4-5-15(17)7-22)18-8-24-19(9-23-18)26-20(29)13-2-3-13/h4-6,8-9,12-13,16,25,28H,2-3,10-11H2,1H3,(H,24,26,29). The fraction of sp³-hybridized carbons (Fsp3) is 0.381. The van der Waals surface area contributed by atoms with Crippen molar-refractivity contribution in [1.82, 2.24) is 14.9 Å². The van der Waals surface area contributed by atoms with Crippen molar-refractivity contribution in [3.8, 4) is 17.3 Å². The molecule has 1 atom stereocenters. The molecule has 1 aromatic heterocycles. The molecule has 1 aliphatic heterocycles. The largest absolute Gasteiger partial charge is 0.389 e. The molecule has 1 aromatic carbocycles. The van der Waals surface area contributed by atoms with Crippen LogP contribution in [-0.4, -0.2) is 57.0 Å². The number of nitrogens with one attached hydrogen (secondary N) is 2. The van der Waals surface area contributed by atoms with E-state index in [1.807, 2.05) is 0 Å². The van der Waals surface area contributed by atoms with E-state index < -0.39 is 12.1 Å². The van der Waals surface area contributed by atoms with Crippen molar-refractivity contribution >= 4 is 23.3 Å². The normalized spacial score (nSPS) is 16.9. The minimum atomic E-state index is -0.550. The topological polar surface area (TPSA) is 131 Å². The molecule has 2 amide bonds. The van der Waals surface area contributed by atoms with Crippen LogP contribution in [0.4, 0.5) is 11.5 Å². The number of benzene rings is 1. The van der Waals surface area contributed by atoms with Crippen molar-refractivity contribution in [3.05, 3.63) is 36.2 Å². The number of aliphatic hydroxyl groups excluding tert-OH is 1. The van der Waals surface area contributed by atoms with Crippen molar-refractivity contribution in [1.29, 1.82) is 5.26 Å². The maximum absolute atomic E-state index is 12.4. The first-order valence-corrected chi connectivity index (χ1v) is 9.85. The number of likely N-dealkylation sites (tertiary alicyclic amines) is 1. The van der Waals surface area contributed by atoms with Gasteiger partial charge in [0.15, 0.2) is 5.82 Å². The lowest BCUT2D eigenvalue weighted by molar-refractivity contribution is -0.141. The summed E-state index contributed by atoms with van der Waals surface area (Å²) in [5.41, 5.74) is 2.23. The fourth-order valence-corrected chi connectivity index (χ4v) is 3.24. The van der Waals surface area contributed by atoms with E-state index in [1.54, 1.807) is 36.2 Å². The average molecular weight is 406 g/mol. The van der Waals surface area contributed by atoms with Crippen LogP contribution < -0.4 is 10.6 Å². The van der Waals surface area contributed by atoms with E-state index in [4.69, 9.17) is 0 Å². The minimum absolute atomic E-state index is 0.0321. The second-order valence-corrected chi connectivity index (χ2v) is 7.69. The Morgan fingerprint density at radius 2 is 2.03 bits per heavy atom. The zero-order chi connectivity index (χ0) is 21.3.